The summed E-state index contributed by atoms with van der Waals surface area (Å²) in [5, 5.41) is 14.0. The maximum atomic E-state index is 13.5. The van der Waals surface area contributed by atoms with Gasteiger partial charge in [-0.3, -0.25) is 10.1 Å². The molecule has 0 fully saturated rings. The zero-order valence-electron chi connectivity index (χ0n) is 11.4. The van der Waals surface area contributed by atoms with Gasteiger partial charge in [0.15, 0.2) is 5.82 Å². The molecule has 0 aromatic heterocycles. The van der Waals surface area contributed by atoms with E-state index in [4.69, 9.17) is 4.74 Å². The molecule has 0 atom stereocenters. The second-order valence-corrected chi connectivity index (χ2v) is 5.22. The van der Waals surface area contributed by atoms with E-state index in [9.17, 15) is 14.5 Å². The molecule has 0 bridgehead atoms. The van der Waals surface area contributed by atoms with E-state index in [1.54, 1.807) is 0 Å². The van der Waals surface area contributed by atoms with Crippen molar-refractivity contribution in [3.8, 4) is 5.75 Å². The van der Waals surface area contributed by atoms with Gasteiger partial charge in [0.2, 0.25) is 5.75 Å². The van der Waals surface area contributed by atoms with E-state index in [1.165, 1.54) is 12.1 Å². The van der Waals surface area contributed by atoms with E-state index in [1.807, 2.05) is 20.8 Å². The van der Waals surface area contributed by atoms with Gasteiger partial charge in [0.25, 0.3) is 0 Å². The predicted octanol–water partition coefficient (Wildman–Crippen LogP) is 2.89. The highest BCUT2D eigenvalue weighted by atomic mass is 19.1. The number of hydrogen-bond donors (Lipinski definition) is 1. The van der Waals surface area contributed by atoms with Gasteiger partial charge in [-0.2, -0.15) is 0 Å². The molecule has 1 aromatic carbocycles. The van der Waals surface area contributed by atoms with Crippen molar-refractivity contribution in [1.82, 2.24) is 5.32 Å². The fraction of sp³-hybridized carbons (Fsp3) is 0.538. The van der Waals surface area contributed by atoms with Gasteiger partial charge in [-0.15, -0.1) is 0 Å². The lowest BCUT2D eigenvalue weighted by molar-refractivity contribution is -0.386. The quantitative estimate of drug-likeness (QED) is 0.490. The summed E-state index contributed by atoms with van der Waals surface area (Å²) < 4.78 is 18.7. The van der Waals surface area contributed by atoms with Crippen LogP contribution < -0.4 is 10.1 Å². The average Bonchev–Trinajstić information content (AvgIpc) is 2.28. The summed E-state index contributed by atoms with van der Waals surface area (Å²) in [5.74, 6) is -0.999. The Morgan fingerprint density at radius 1 is 1.42 bits per heavy atom. The molecule has 0 aliphatic heterocycles. The Hall–Kier alpha value is -1.69. The molecule has 1 N–H and O–H groups in total. The maximum Gasteiger partial charge on any atom is 0.314 e. The van der Waals surface area contributed by atoms with Crippen LogP contribution in [0.3, 0.4) is 0 Å². The zero-order chi connectivity index (χ0) is 14.5. The summed E-state index contributed by atoms with van der Waals surface area (Å²) in [6, 6.07) is 3.67. The molecule has 0 unspecified atom stereocenters. The van der Waals surface area contributed by atoms with Crippen molar-refractivity contribution in [2.75, 3.05) is 13.2 Å². The summed E-state index contributed by atoms with van der Waals surface area (Å²) in [6.45, 7) is 7.04. The second-order valence-electron chi connectivity index (χ2n) is 5.22. The Morgan fingerprint density at radius 3 is 2.68 bits per heavy atom. The monoisotopic (exact) mass is 270 g/mol. The lowest BCUT2D eigenvalue weighted by Crippen LogP contribution is -2.36. The van der Waals surface area contributed by atoms with Crippen LogP contribution in [0.5, 0.6) is 5.75 Å². The van der Waals surface area contributed by atoms with Crippen LogP contribution in [0.25, 0.3) is 0 Å². The summed E-state index contributed by atoms with van der Waals surface area (Å²) in [5.41, 5.74) is -0.340. The van der Waals surface area contributed by atoms with Gasteiger partial charge in [0.05, 0.1) is 11.5 Å². The van der Waals surface area contributed by atoms with Crippen LogP contribution in [0.1, 0.15) is 27.2 Å². The number of benzene rings is 1. The third kappa shape index (κ3) is 5.21. The number of nitro groups is 1. The number of ether oxygens (including phenoxy) is 1. The van der Waals surface area contributed by atoms with Gasteiger partial charge in [0.1, 0.15) is 0 Å². The lowest BCUT2D eigenvalue weighted by atomic mass is 10.1. The SMILES string of the molecule is CC(C)(C)NCCCOc1c(F)cccc1[N+](=O)[O-]. The molecular formula is C13H19FN2O3. The molecule has 0 aliphatic carbocycles. The first-order chi connectivity index (χ1) is 8.81. The highest BCUT2D eigenvalue weighted by molar-refractivity contribution is 5.46. The van der Waals surface area contributed by atoms with E-state index in [0.29, 0.717) is 13.0 Å². The standard InChI is InChI=1S/C13H19FN2O3/c1-13(2,3)15-8-5-9-19-12-10(14)6-4-7-11(12)16(17)18/h4,6-7,15H,5,8-9H2,1-3H3. The Bertz CT molecular complexity index is 444. The number of nitro benzene ring substituents is 1. The number of hydrogen-bond acceptors (Lipinski definition) is 4. The number of nitrogens with zero attached hydrogens (tertiary/aromatic N) is 1. The third-order valence-corrected chi connectivity index (χ3v) is 2.37. The molecule has 19 heavy (non-hydrogen) atoms. The summed E-state index contributed by atoms with van der Waals surface area (Å²) >= 11 is 0. The fourth-order valence-corrected chi connectivity index (χ4v) is 1.49. The minimum atomic E-state index is -0.710. The highest BCUT2D eigenvalue weighted by Crippen LogP contribution is 2.29. The Kier molecular flexibility index (Phi) is 5.23. The maximum absolute atomic E-state index is 13.5. The molecule has 1 aromatic rings. The number of para-hydroxylation sites is 1. The molecule has 0 saturated heterocycles. The minimum Gasteiger partial charge on any atom is -0.485 e. The third-order valence-electron chi connectivity index (χ3n) is 2.37. The van der Waals surface area contributed by atoms with Crippen molar-refractivity contribution < 1.29 is 14.1 Å². The first kappa shape index (κ1) is 15.4. The number of rotatable bonds is 6. The van der Waals surface area contributed by atoms with Crippen LogP contribution >= 0.6 is 0 Å². The molecule has 0 amide bonds. The van der Waals surface area contributed by atoms with Crippen LogP contribution in [-0.2, 0) is 0 Å². The Labute approximate surface area is 111 Å². The van der Waals surface area contributed by atoms with Crippen molar-refractivity contribution in [1.29, 1.82) is 0 Å². The lowest BCUT2D eigenvalue weighted by Gasteiger charge is -2.20. The summed E-state index contributed by atoms with van der Waals surface area (Å²) in [4.78, 5) is 10.1. The minimum absolute atomic E-state index is 0.00396. The van der Waals surface area contributed by atoms with Gasteiger partial charge >= 0.3 is 5.69 Å². The second kappa shape index (κ2) is 6.47. The van der Waals surface area contributed by atoms with Gasteiger partial charge in [-0.05, 0) is 39.8 Å². The molecule has 0 saturated carbocycles. The molecule has 5 nitrogen and oxygen atoms in total. The average molecular weight is 270 g/mol. The van der Waals surface area contributed by atoms with Crippen LogP contribution in [0.15, 0.2) is 18.2 Å². The molecule has 0 spiro atoms. The molecule has 0 radical (unpaired) electrons. The van der Waals surface area contributed by atoms with Crippen LogP contribution in [0.4, 0.5) is 10.1 Å². The molecule has 6 heteroatoms. The fourth-order valence-electron chi connectivity index (χ4n) is 1.49. The van der Waals surface area contributed by atoms with E-state index >= 15 is 0 Å². The van der Waals surface area contributed by atoms with E-state index < -0.39 is 10.7 Å². The van der Waals surface area contributed by atoms with E-state index in [2.05, 4.69) is 5.32 Å². The van der Waals surface area contributed by atoms with Crippen molar-refractivity contribution in [2.45, 2.75) is 32.7 Å². The smallest absolute Gasteiger partial charge is 0.314 e. The van der Waals surface area contributed by atoms with Gasteiger partial charge in [-0.1, -0.05) is 6.07 Å². The van der Waals surface area contributed by atoms with Crippen molar-refractivity contribution in [3.05, 3.63) is 34.1 Å². The largest absolute Gasteiger partial charge is 0.485 e. The van der Waals surface area contributed by atoms with Crippen molar-refractivity contribution in [3.63, 3.8) is 0 Å². The molecule has 0 aliphatic rings. The Morgan fingerprint density at radius 2 is 2.11 bits per heavy atom. The number of nitrogens with one attached hydrogen (secondary N) is 1. The van der Waals surface area contributed by atoms with E-state index in [0.717, 1.165) is 6.07 Å². The van der Waals surface area contributed by atoms with Crippen molar-refractivity contribution in [2.24, 2.45) is 0 Å². The highest BCUT2D eigenvalue weighted by Gasteiger charge is 2.19. The van der Waals surface area contributed by atoms with E-state index in [-0.39, 0.29) is 23.6 Å². The van der Waals surface area contributed by atoms with Gasteiger partial charge in [-0.25, -0.2) is 4.39 Å². The first-order valence-electron chi connectivity index (χ1n) is 6.12. The molecule has 1 rings (SSSR count). The van der Waals surface area contributed by atoms with Crippen LogP contribution in [0.2, 0.25) is 0 Å². The topological polar surface area (TPSA) is 64.4 Å². The van der Waals surface area contributed by atoms with Gasteiger partial charge in [0, 0.05) is 11.6 Å². The zero-order valence-corrected chi connectivity index (χ0v) is 11.4. The molecule has 106 valence electrons. The van der Waals surface area contributed by atoms with Crippen molar-refractivity contribution >= 4 is 5.69 Å². The van der Waals surface area contributed by atoms with Gasteiger partial charge < -0.3 is 10.1 Å². The first-order valence-corrected chi connectivity index (χ1v) is 6.12. The summed E-state index contributed by atoms with van der Waals surface area (Å²) in [7, 11) is 0. The van der Waals surface area contributed by atoms with Crippen LogP contribution in [-0.4, -0.2) is 23.6 Å². The molecular weight excluding hydrogens is 251 g/mol. The Balaban J connectivity index is 2.52. The number of halogens is 1. The molecule has 0 heterocycles. The predicted molar refractivity (Wildman–Crippen MR) is 70.9 cm³/mol. The van der Waals surface area contributed by atoms with Crippen LogP contribution in [0, 0.1) is 15.9 Å². The summed E-state index contributed by atoms with van der Waals surface area (Å²) in [6.07, 6.45) is 0.642. The normalized spacial score (nSPS) is 11.4.